The molecule has 1 aromatic carbocycles. The summed E-state index contributed by atoms with van der Waals surface area (Å²) in [5.41, 5.74) is 4.31. The average molecular weight is 350 g/mol. The number of aryl methyl sites for hydroxylation is 1. The lowest BCUT2D eigenvalue weighted by Crippen LogP contribution is -2.25. The Bertz CT molecular complexity index is 848. The van der Waals surface area contributed by atoms with E-state index >= 15 is 0 Å². The zero-order chi connectivity index (χ0) is 17.9. The molecule has 0 radical (unpaired) electrons. The third-order valence-corrected chi connectivity index (χ3v) is 5.59. The fourth-order valence-electron chi connectivity index (χ4n) is 3.58. The van der Waals surface area contributed by atoms with E-state index in [1.165, 1.54) is 31.2 Å². The zero-order valence-corrected chi connectivity index (χ0v) is 15.5. The van der Waals surface area contributed by atoms with Crippen LogP contribution < -0.4 is 5.32 Å². The molecule has 3 aromatic rings. The van der Waals surface area contributed by atoms with Crippen molar-refractivity contribution >= 4 is 0 Å². The maximum Gasteiger partial charge on any atom is 0.151 e. The van der Waals surface area contributed by atoms with Crippen LogP contribution in [0.4, 0.5) is 0 Å². The molecule has 1 atom stereocenters. The molecule has 136 valence electrons. The molecule has 1 fully saturated rings. The summed E-state index contributed by atoms with van der Waals surface area (Å²) in [5, 5.41) is 12.2. The standard InChI is InChI=1S/C21H26N4O/c1-15-19(14-23-25(15)2)21-12-18(26-24-21)13-22-20(11-16-7-6-8-16)17-9-4-3-5-10-17/h3-5,9-10,12,14,16,20,22H,6-8,11,13H2,1-2H3. The first kappa shape index (κ1) is 17.0. The number of nitrogens with zero attached hydrogens (tertiary/aromatic N) is 3. The van der Waals surface area contributed by atoms with Gasteiger partial charge in [-0.25, -0.2) is 0 Å². The van der Waals surface area contributed by atoms with Gasteiger partial charge in [0.15, 0.2) is 5.76 Å². The van der Waals surface area contributed by atoms with Crippen LogP contribution in [0.5, 0.6) is 0 Å². The predicted molar refractivity (Wildman–Crippen MR) is 101 cm³/mol. The Morgan fingerprint density at radius 2 is 2.08 bits per heavy atom. The van der Waals surface area contributed by atoms with Gasteiger partial charge in [-0.05, 0) is 24.8 Å². The van der Waals surface area contributed by atoms with Gasteiger partial charge in [0.05, 0.1) is 12.7 Å². The summed E-state index contributed by atoms with van der Waals surface area (Å²) in [6.45, 7) is 2.72. The molecule has 1 unspecified atom stereocenters. The molecule has 1 aliphatic rings. The van der Waals surface area contributed by atoms with Crippen LogP contribution >= 0.6 is 0 Å². The van der Waals surface area contributed by atoms with Crippen molar-refractivity contribution in [3.05, 3.63) is 59.6 Å². The van der Waals surface area contributed by atoms with Crippen LogP contribution in [0.3, 0.4) is 0 Å². The molecule has 0 saturated heterocycles. The lowest BCUT2D eigenvalue weighted by Gasteiger charge is -2.30. The van der Waals surface area contributed by atoms with Gasteiger partial charge in [-0.2, -0.15) is 5.10 Å². The molecular formula is C21H26N4O. The highest BCUT2D eigenvalue weighted by atomic mass is 16.5. The first-order chi connectivity index (χ1) is 12.7. The number of hydrogen-bond acceptors (Lipinski definition) is 4. The molecule has 0 aliphatic heterocycles. The molecule has 0 spiro atoms. The quantitative estimate of drug-likeness (QED) is 0.686. The van der Waals surface area contributed by atoms with Gasteiger partial charge in [-0.15, -0.1) is 0 Å². The summed E-state index contributed by atoms with van der Waals surface area (Å²) < 4.78 is 7.42. The van der Waals surface area contributed by atoms with Crippen LogP contribution in [0.1, 0.15) is 48.7 Å². The monoisotopic (exact) mass is 350 g/mol. The van der Waals surface area contributed by atoms with Gasteiger partial charge in [0.1, 0.15) is 5.69 Å². The van der Waals surface area contributed by atoms with Gasteiger partial charge in [0.25, 0.3) is 0 Å². The Morgan fingerprint density at radius 3 is 2.73 bits per heavy atom. The van der Waals surface area contributed by atoms with Crippen molar-refractivity contribution in [1.82, 2.24) is 20.3 Å². The molecule has 1 saturated carbocycles. The molecule has 2 heterocycles. The second-order valence-corrected chi connectivity index (χ2v) is 7.32. The van der Waals surface area contributed by atoms with E-state index in [4.69, 9.17) is 4.52 Å². The highest BCUT2D eigenvalue weighted by Gasteiger charge is 2.23. The largest absolute Gasteiger partial charge is 0.359 e. The minimum absolute atomic E-state index is 0.357. The van der Waals surface area contributed by atoms with Gasteiger partial charge in [-0.3, -0.25) is 4.68 Å². The van der Waals surface area contributed by atoms with Crippen LogP contribution in [-0.4, -0.2) is 14.9 Å². The highest BCUT2D eigenvalue weighted by molar-refractivity contribution is 5.60. The predicted octanol–water partition coefficient (Wildman–Crippen LogP) is 4.40. The summed E-state index contributed by atoms with van der Waals surface area (Å²) in [6, 6.07) is 13.1. The van der Waals surface area contributed by atoms with Crippen molar-refractivity contribution in [3.8, 4) is 11.3 Å². The van der Waals surface area contributed by atoms with Crippen molar-refractivity contribution < 1.29 is 4.52 Å². The minimum Gasteiger partial charge on any atom is -0.359 e. The van der Waals surface area contributed by atoms with E-state index in [-0.39, 0.29) is 0 Å². The number of rotatable bonds is 7. The van der Waals surface area contributed by atoms with Crippen molar-refractivity contribution in [2.45, 2.75) is 45.2 Å². The molecule has 0 bridgehead atoms. The Labute approximate surface area is 154 Å². The highest BCUT2D eigenvalue weighted by Crippen LogP contribution is 2.35. The van der Waals surface area contributed by atoms with E-state index in [0.29, 0.717) is 12.6 Å². The van der Waals surface area contributed by atoms with Gasteiger partial charge in [0, 0.05) is 30.4 Å². The summed E-state index contributed by atoms with van der Waals surface area (Å²) in [5.74, 6) is 1.70. The third kappa shape index (κ3) is 3.58. The normalized spacial score (nSPS) is 15.8. The summed E-state index contributed by atoms with van der Waals surface area (Å²) in [6.07, 6.45) is 7.12. The van der Waals surface area contributed by atoms with Gasteiger partial charge < -0.3 is 9.84 Å². The van der Waals surface area contributed by atoms with E-state index in [0.717, 1.165) is 28.6 Å². The molecule has 4 rings (SSSR count). The first-order valence-electron chi connectivity index (χ1n) is 9.43. The fraction of sp³-hybridized carbons (Fsp3) is 0.429. The van der Waals surface area contributed by atoms with E-state index < -0.39 is 0 Å². The van der Waals surface area contributed by atoms with Crippen LogP contribution in [-0.2, 0) is 13.6 Å². The van der Waals surface area contributed by atoms with E-state index in [9.17, 15) is 0 Å². The molecule has 2 aromatic heterocycles. The molecule has 26 heavy (non-hydrogen) atoms. The molecule has 1 N–H and O–H groups in total. The molecule has 5 heteroatoms. The maximum absolute atomic E-state index is 5.57. The Hall–Kier alpha value is -2.40. The Kier molecular flexibility index (Phi) is 4.89. The second kappa shape index (κ2) is 7.46. The number of nitrogens with one attached hydrogen (secondary N) is 1. The Morgan fingerprint density at radius 1 is 1.27 bits per heavy atom. The molecular weight excluding hydrogens is 324 g/mol. The molecule has 0 amide bonds. The van der Waals surface area contributed by atoms with E-state index in [1.54, 1.807) is 0 Å². The summed E-state index contributed by atoms with van der Waals surface area (Å²) >= 11 is 0. The molecule has 1 aliphatic carbocycles. The minimum atomic E-state index is 0.357. The van der Waals surface area contributed by atoms with Crippen molar-refractivity contribution in [2.75, 3.05) is 0 Å². The second-order valence-electron chi connectivity index (χ2n) is 7.32. The van der Waals surface area contributed by atoms with Crippen LogP contribution in [0.25, 0.3) is 11.3 Å². The third-order valence-electron chi connectivity index (χ3n) is 5.59. The van der Waals surface area contributed by atoms with Crippen molar-refractivity contribution in [2.24, 2.45) is 13.0 Å². The lowest BCUT2D eigenvalue weighted by molar-refractivity contribution is 0.256. The van der Waals surface area contributed by atoms with Gasteiger partial charge in [0.2, 0.25) is 0 Å². The van der Waals surface area contributed by atoms with Crippen molar-refractivity contribution in [3.63, 3.8) is 0 Å². The number of aromatic nitrogens is 3. The van der Waals surface area contributed by atoms with Crippen LogP contribution in [0.2, 0.25) is 0 Å². The van der Waals surface area contributed by atoms with E-state index in [2.05, 4.69) is 45.9 Å². The van der Waals surface area contributed by atoms with Crippen molar-refractivity contribution in [1.29, 1.82) is 0 Å². The summed E-state index contributed by atoms with van der Waals surface area (Å²) in [7, 11) is 1.94. The topological polar surface area (TPSA) is 55.9 Å². The Balaban J connectivity index is 1.45. The van der Waals surface area contributed by atoms with Gasteiger partial charge in [-0.1, -0.05) is 54.8 Å². The summed E-state index contributed by atoms with van der Waals surface area (Å²) in [4.78, 5) is 0. The number of hydrogen-bond donors (Lipinski definition) is 1. The average Bonchev–Trinajstić information content (AvgIpc) is 3.21. The molecule has 5 nitrogen and oxygen atoms in total. The zero-order valence-electron chi connectivity index (χ0n) is 15.5. The SMILES string of the molecule is Cc1c(-c2cc(CNC(CC3CCC3)c3ccccc3)on2)cnn1C. The van der Waals surface area contributed by atoms with Crippen LogP contribution in [0.15, 0.2) is 47.1 Å². The van der Waals surface area contributed by atoms with E-state index in [1.807, 2.05) is 30.9 Å². The first-order valence-corrected chi connectivity index (χ1v) is 9.43. The smallest absolute Gasteiger partial charge is 0.151 e. The maximum atomic E-state index is 5.57. The number of benzene rings is 1. The van der Waals surface area contributed by atoms with Gasteiger partial charge >= 0.3 is 0 Å². The lowest BCUT2D eigenvalue weighted by atomic mass is 9.79. The van der Waals surface area contributed by atoms with Crippen LogP contribution in [0, 0.1) is 12.8 Å². The fourth-order valence-corrected chi connectivity index (χ4v) is 3.58.